The van der Waals surface area contributed by atoms with Crippen LogP contribution in [-0.4, -0.2) is 18.0 Å². The Morgan fingerprint density at radius 1 is 1.53 bits per heavy atom. The second-order valence-electron chi connectivity index (χ2n) is 4.14. The van der Waals surface area contributed by atoms with Crippen LogP contribution in [0.4, 0.5) is 0 Å². The number of rotatable bonds is 3. The highest BCUT2D eigenvalue weighted by molar-refractivity contribution is 7.20. The Bertz CT molecular complexity index is 418. The highest BCUT2D eigenvalue weighted by Crippen LogP contribution is 2.31. The molecule has 17 heavy (non-hydrogen) atoms. The Morgan fingerprint density at radius 2 is 2.18 bits per heavy atom. The minimum atomic E-state index is -0.220. The summed E-state index contributed by atoms with van der Waals surface area (Å²) in [6.07, 6.45) is 3.06. The average molecular weight is 316 g/mol. The number of halogens is 3. The quantitative estimate of drug-likeness (QED) is 0.900. The van der Waals surface area contributed by atoms with Crippen molar-refractivity contribution in [3.63, 3.8) is 0 Å². The van der Waals surface area contributed by atoms with Gasteiger partial charge in [-0.3, -0.25) is 4.79 Å². The lowest BCUT2D eigenvalue weighted by atomic mass is 9.78. The van der Waals surface area contributed by atoms with Crippen molar-refractivity contribution in [3.8, 4) is 0 Å². The van der Waals surface area contributed by atoms with Crippen LogP contribution in [0.2, 0.25) is 8.67 Å². The molecule has 96 valence electrons. The van der Waals surface area contributed by atoms with Crippen LogP contribution < -0.4 is 11.1 Å². The van der Waals surface area contributed by atoms with Gasteiger partial charge < -0.3 is 11.1 Å². The summed E-state index contributed by atoms with van der Waals surface area (Å²) in [6.45, 7) is 0.496. The molecule has 7 heteroatoms. The number of hydrogen-bond acceptors (Lipinski definition) is 3. The van der Waals surface area contributed by atoms with E-state index in [0.717, 1.165) is 19.3 Å². The summed E-state index contributed by atoms with van der Waals surface area (Å²) in [7, 11) is 0. The van der Waals surface area contributed by atoms with E-state index in [4.69, 9.17) is 28.9 Å². The molecule has 0 spiro atoms. The molecular weight excluding hydrogens is 303 g/mol. The molecule has 0 radical (unpaired) electrons. The fraction of sp³-hybridized carbons (Fsp3) is 0.500. The van der Waals surface area contributed by atoms with E-state index in [-0.39, 0.29) is 23.9 Å². The van der Waals surface area contributed by atoms with E-state index in [1.54, 1.807) is 6.07 Å². The molecular formula is C10H13Cl3N2OS. The van der Waals surface area contributed by atoms with Crippen molar-refractivity contribution in [1.29, 1.82) is 0 Å². The molecule has 0 atom stereocenters. The molecule has 3 nitrogen and oxygen atoms in total. The van der Waals surface area contributed by atoms with Gasteiger partial charge in [-0.15, -0.1) is 23.7 Å². The molecule has 1 aromatic rings. The van der Waals surface area contributed by atoms with E-state index in [2.05, 4.69) is 5.32 Å². The molecule has 0 aliphatic heterocycles. The Labute approximate surface area is 120 Å². The van der Waals surface area contributed by atoms with Crippen molar-refractivity contribution >= 4 is 52.9 Å². The first-order valence-electron chi connectivity index (χ1n) is 5.02. The summed E-state index contributed by atoms with van der Waals surface area (Å²) in [4.78, 5) is 11.8. The SMILES string of the molecule is Cl.NC1(CNC(=O)c2cc(Cl)sc2Cl)CCC1. The molecule has 1 fully saturated rings. The van der Waals surface area contributed by atoms with Gasteiger partial charge in [0.1, 0.15) is 4.34 Å². The molecule has 1 aromatic heterocycles. The van der Waals surface area contributed by atoms with Gasteiger partial charge in [0, 0.05) is 12.1 Å². The molecule has 1 heterocycles. The van der Waals surface area contributed by atoms with Crippen molar-refractivity contribution in [1.82, 2.24) is 5.32 Å². The van der Waals surface area contributed by atoms with Gasteiger partial charge in [-0.1, -0.05) is 23.2 Å². The van der Waals surface area contributed by atoms with E-state index in [0.29, 0.717) is 20.8 Å². The van der Waals surface area contributed by atoms with Crippen molar-refractivity contribution in [2.24, 2.45) is 5.73 Å². The number of nitrogens with one attached hydrogen (secondary N) is 1. The molecule has 1 aliphatic rings. The topological polar surface area (TPSA) is 55.1 Å². The third kappa shape index (κ3) is 3.48. The van der Waals surface area contributed by atoms with Gasteiger partial charge in [0.15, 0.2) is 0 Å². The lowest BCUT2D eigenvalue weighted by Crippen LogP contribution is -2.54. The highest BCUT2D eigenvalue weighted by atomic mass is 35.5. The van der Waals surface area contributed by atoms with Crippen LogP contribution in [0.3, 0.4) is 0 Å². The first-order valence-corrected chi connectivity index (χ1v) is 6.59. The van der Waals surface area contributed by atoms with Gasteiger partial charge >= 0.3 is 0 Å². The van der Waals surface area contributed by atoms with Crippen LogP contribution in [0, 0.1) is 0 Å². The van der Waals surface area contributed by atoms with Crippen molar-refractivity contribution in [2.75, 3.05) is 6.54 Å². The zero-order chi connectivity index (χ0) is 11.8. The average Bonchev–Trinajstić information content (AvgIpc) is 2.51. The smallest absolute Gasteiger partial charge is 0.253 e. The van der Waals surface area contributed by atoms with Gasteiger partial charge in [-0.2, -0.15) is 0 Å². The van der Waals surface area contributed by atoms with Gasteiger partial charge in [0.05, 0.1) is 9.90 Å². The maximum Gasteiger partial charge on any atom is 0.253 e. The first kappa shape index (κ1) is 15.1. The minimum absolute atomic E-state index is 0. The maximum absolute atomic E-state index is 11.8. The zero-order valence-electron chi connectivity index (χ0n) is 8.96. The second kappa shape index (κ2) is 5.76. The van der Waals surface area contributed by atoms with E-state index in [1.807, 2.05) is 0 Å². The standard InChI is InChI=1S/C10H12Cl2N2OS.ClH/c11-7-4-6(8(12)16-7)9(15)14-5-10(13)2-1-3-10;/h4H,1-3,5,13H2,(H,14,15);1H. The van der Waals surface area contributed by atoms with Gasteiger partial charge in [-0.05, 0) is 25.3 Å². The van der Waals surface area contributed by atoms with E-state index in [1.165, 1.54) is 11.3 Å². The number of carbonyl (C=O) groups is 1. The highest BCUT2D eigenvalue weighted by Gasteiger charge is 2.32. The van der Waals surface area contributed by atoms with Crippen LogP contribution in [0.5, 0.6) is 0 Å². The Kier molecular flexibility index (Phi) is 5.10. The number of thiophene rings is 1. The summed E-state index contributed by atoms with van der Waals surface area (Å²) in [5.41, 5.74) is 6.21. The van der Waals surface area contributed by atoms with Crippen LogP contribution in [0.1, 0.15) is 29.6 Å². The second-order valence-corrected chi connectivity index (χ2v) is 6.42. The van der Waals surface area contributed by atoms with Crippen LogP contribution in [0.15, 0.2) is 6.07 Å². The number of carbonyl (C=O) groups excluding carboxylic acids is 1. The third-order valence-electron chi connectivity index (χ3n) is 2.85. The lowest BCUT2D eigenvalue weighted by Gasteiger charge is -2.38. The van der Waals surface area contributed by atoms with E-state index in [9.17, 15) is 4.79 Å². The molecule has 0 bridgehead atoms. The lowest BCUT2D eigenvalue weighted by molar-refractivity contribution is 0.0930. The molecule has 0 aromatic carbocycles. The molecule has 1 amide bonds. The molecule has 1 aliphatic carbocycles. The van der Waals surface area contributed by atoms with Gasteiger partial charge in [0.2, 0.25) is 0 Å². The Balaban J connectivity index is 0.00000144. The largest absolute Gasteiger partial charge is 0.350 e. The molecule has 1 saturated carbocycles. The predicted octanol–water partition coefficient (Wildman–Crippen LogP) is 3.09. The zero-order valence-corrected chi connectivity index (χ0v) is 12.1. The number of hydrogen-bond donors (Lipinski definition) is 2. The fourth-order valence-corrected chi connectivity index (χ4v) is 3.11. The Morgan fingerprint density at radius 3 is 2.59 bits per heavy atom. The number of amides is 1. The first-order chi connectivity index (χ1) is 7.50. The molecule has 0 saturated heterocycles. The molecule has 2 rings (SSSR count). The van der Waals surface area contributed by atoms with E-state index >= 15 is 0 Å². The van der Waals surface area contributed by atoms with Gasteiger partial charge in [0.25, 0.3) is 5.91 Å². The summed E-state index contributed by atoms with van der Waals surface area (Å²) in [5.74, 6) is -0.204. The van der Waals surface area contributed by atoms with E-state index < -0.39 is 0 Å². The molecule has 0 unspecified atom stereocenters. The normalized spacial score (nSPS) is 16.9. The van der Waals surface area contributed by atoms with Crippen molar-refractivity contribution in [3.05, 3.63) is 20.3 Å². The summed E-state index contributed by atoms with van der Waals surface area (Å²) < 4.78 is 0.934. The van der Waals surface area contributed by atoms with Crippen molar-refractivity contribution < 1.29 is 4.79 Å². The maximum atomic E-state index is 11.8. The predicted molar refractivity (Wildman–Crippen MR) is 74.7 cm³/mol. The van der Waals surface area contributed by atoms with Crippen molar-refractivity contribution in [2.45, 2.75) is 24.8 Å². The van der Waals surface area contributed by atoms with Crippen LogP contribution in [-0.2, 0) is 0 Å². The third-order valence-corrected chi connectivity index (χ3v) is 4.34. The monoisotopic (exact) mass is 314 g/mol. The minimum Gasteiger partial charge on any atom is -0.350 e. The Hall–Kier alpha value is -0.0000000000000000555. The summed E-state index contributed by atoms with van der Waals surface area (Å²) >= 11 is 12.8. The van der Waals surface area contributed by atoms with Gasteiger partial charge in [-0.25, -0.2) is 0 Å². The molecule has 3 N–H and O–H groups in total. The number of nitrogens with two attached hydrogens (primary N) is 1. The summed E-state index contributed by atoms with van der Waals surface area (Å²) in [6, 6.07) is 1.58. The van der Waals surface area contributed by atoms with Crippen LogP contribution >= 0.6 is 46.9 Å². The summed E-state index contributed by atoms with van der Waals surface area (Å²) in [5, 5.41) is 2.80. The van der Waals surface area contributed by atoms with Crippen LogP contribution in [0.25, 0.3) is 0 Å². The fourth-order valence-electron chi connectivity index (χ4n) is 1.65.